The molecule has 1 N–H and O–H groups in total. The fourth-order valence-corrected chi connectivity index (χ4v) is 2.20. The van der Waals surface area contributed by atoms with Crippen LogP contribution in [0.25, 0.3) is 0 Å². The highest BCUT2D eigenvalue weighted by molar-refractivity contribution is 5.41. The van der Waals surface area contributed by atoms with Crippen LogP contribution in [-0.2, 0) is 0 Å². The Labute approximate surface area is 102 Å². The van der Waals surface area contributed by atoms with E-state index in [2.05, 4.69) is 9.88 Å². The molecule has 2 heterocycles. The van der Waals surface area contributed by atoms with E-state index in [9.17, 15) is 5.11 Å². The number of hydrogen-bond acceptors (Lipinski definition) is 4. The monoisotopic (exact) mass is 236 g/mol. The quantitative estimate of drug-likeness (QED) is 0.864. The van der Waals surface area contributed by atoms with Gasteiger partial charge >= 0.3 is 0 Å². The summed E-state index contributed by atoms with van der Waals surface area (Å²) < 4.78 is 5.39. The molecule has 0 radical (unpaired) electrons. The average molecular weight is 236 g/mol. The van der Waals surface area contributed by atoms with Crippen molar-refractivity contribution in [3.63, 3.8) is 0 Å². The van der Waals surface area contributed by atoms with Crippen LogP contribution < -0.4 is 9.64 Å². The van der Waals surface area contributed by atoms with Gasteiger partial charge in [0.2, 0.25) is 5.88 Å². The van der Waals surface area contributed by atoms with Gasteiger partial charge in [-0.05, 0) is 26.3 Å². The number of aliphatic hydroxyl groups is 1. The standard InChI is InChI=1S/C13H20N2O2/c1-3-17-13-6-4-5-12(14-13)15-8-7-11(9-15)10(2)16/h4-6,10-11,16H,3,7-9H2,1-2H3. The summed E-state index contributed by atoms with van der Waals surface area (Å²) in [6, 6.07) is 5.82. The second-order valence-electron chi connectivity index (χ2n) is 4.50. The number of nitrogens with zero attached hydrogens (tertiary/aromatic N) is 2. The number of aliphatic hydroxyl groups excluding tert-OH is 1. The fraction of sp³-hybridized carbons (Fsp3) is 0.615. The molecule has 4 heteroatoms. The van der Waals surface area contributed by atoms with Crippen LogP contribution in [0.4, 0.5) is 5.82 Å². The highest BCUT2D eigenvalue weighted by atomic mass is 16.5. The van der Waals surface area contributed by atoms with Gasteiger partial charge < -0.3 is 14.7 Å². The number of pyridine rings is 1. The third-order valence-electron chi connectivity index (χ3n) is 3.23. The van der Waals surface area contributed by atoms with Crippen molar-refractivity contribution in [1.29, 1.82) is 0 Å². The highest BCUT2D eigenvalue weighted by Gasteiger charge is 2.26. The molecular formula is C13H20N2O2. The molecule has 0 spiro atoms. The fourth-order valence-electron chi connectivity index (χ4n) is 2.20. The van der Waals surface area contributed by atoms with Crippen molar-refractivity contribution in [2.24, 2.45) is 5.92 Å². The van der Waals surface area contributed by atoms with Gasteiger partial charge in [0.1, 0.15) is 5.82 Å². The van der Waals surface area contributed by atoms with Gasteiger partial charge in [-0.3, -0.25) is 0 Å². The molecule has 94 valence electrons. The van der Waals surface area contributed by atoms with Crippen molar-refractivity contribution in [2.45, 2.75) is 26.4 Å². The van der Waals surface area contributed by atoms with Crippen molar-refractivity contribution in [1.82, 2.24) is 4.98 Å². The summed E-state index contributed by atoms with van der Waals surface area (Å²) in [5.74, 6) is 1.97. The molecule has 2 rings (SSSR count). The lowest BCUT2D eigenvalue weighted by Crippen LogP contribution is -2.24. The molecule has 0 aliphatic carbocycles. The SMILES string of the molecule is CCOc1cccc(N2CCC(C(C)O)C2)n1. The molecule has 0 saturated carbocycles. The summed E-state index contributed by atoms with van der Waals surface area (Å²) in [6.45, 7) is 6.27. The molecule has 1 fully saturated rings. The molecule has 1 aliphatic heterocycles. The van der Waals surface area contributed by atoms with Gasteiger partial charge in [-0.15, -0.1) is 0 Å². The summed E-state index contributed by atoms with van der Waals surface area (Å²) in [7, 11) is 0. The largest absolute Gasteiger partial charge is 0.478 e. The molecule has 1 saturated heterocycles. The van der Waals surface area contributed by atoms with Gasteiger partial charge in [0.05, 0.1) is 12.7 Å². The highest BCUT2D eigenvalue weighted by Crippen LogP contribution is 2.25. The molecule has 1 aliphatic rings. The molecular weight excluding hydrogens is 216 g/mol. The molecule has 4 nitrogen and oxygen atoms in total. The maximum absolute atomic E-state index is 9.58. The van der Waals surface area contributed by atoms with Crippen LogP contribution in [0, 0.1) is 5.92 Å². The Morgan fingerprint density at radius 1 is 1.59 bits per heavy atom. The smallest absolute Gasteiger partial charge is 0.215 e. The van der Waals surface area contributed by atoms with E-state index < -0.39 is 0 Å². The van der Waals surface area contributed by atoms with Gasteiger partial charge in [0.25, 0.3) is 0 Å². The van der Waals surface area contributed by atoms with Crippen LogP contribution in [-0.4, -0.2) is 35.9 Å². The Morgan fingerprint density at radius 2 is 2.41 bits per heavy atom. The average Bonchev–Trinajstić information content (AvgIpc) is 2.79. The van der Waals surface area contributed by atoms with Gasteiger partial charge in [0, 0.05) is 25.1 Å². The minimum atomic E-state index is -0.241. The first-order chi connectivity index (χ1) is 8.20. The molecule has 0 amide bonds. The van der Waals surface area contributed by atoms with Crippen molar-refractivity contribution >= 4 is 5.82 Å². The van der Waals surface area contributed by atoms with Crippen molar-refractivity contribution in [3.05, 3.63) is 18.2 Å². The first-order valence-electron chi connectivity index (χ1n) is 6.23. The van der Waals surface area contributed by atoms with Crippen molar-refractivity contribution in [3.8, 4) is 5.88 Å². The zero-order valence-corrected chi connectivity index (χ0v) is 10.5. The summed E-state index contributed by atoms with van der Waals surface area (Å²) in [5, 5.41) is 9.58. The summed E-state index contributed by atoms with van der Waals surface area (Å²) in [6.07, 6.45) is 0.785. The third kappa shape index (κ3) is 2.88. The maximum Gasteiger partial charge on any atom is 0.215 e. The van der Waals surface area contributed by atoms with E-state index >= 15 is 0 Å². The number of anilines is 1. The van der Waals surface area contributed by atoms with Gasteiger partial charge in [0.15, 0.2) is 0 Å². The van der Waals surface area contributed by atoms with Crippen LogP contribution >= 0.6 is 0 Å². The second kappa shape index (κ2) is 5.36. The zero-order chi connectivity index (χ0) is 12.3. The van der Waals surface area contributed by atoms with Crippen LogP contribution in [0.5, 0.6) is 5.88 Å². The lowest BCUT2D eigenvalue weighted by molar-refractivity contribution is 0.136. The Morgan fingerprint density at radius 3 is 3.06 bits per heavy atom. The Hall–Kier alpha value is -1.29. The first-order valence-corrected chi connectivity index (χ1v) is 6.23. The predicted molar refractivity (Wildman–Crippen MR) is 67.4 cm³/mol. The number of ether oxygens (including phenoxy) is 1. The van der Waals surface area contributed by atoms with Crippen LogP contribution in [0.15, 0.2) is 18.2 Å². The van der Waals surface area contributed by atoms with E-state index in [1.165, 1.54) is 0 Å². The van der Waals surface area contributed by atoms with Crippen molar-refractivity contribution < 1.29 is 9.84 Å². The van der Waals surface area contributed by atoms with E-state index in [0.717, 1.165) is 25.3 Å². The lowest BCUT2D eigenvalue weighted by atomic mass is 10.0. The maximum atomic E-state index is 9.58. The van der Waals surface area contributed by atoms with Crippen LogP contribution in [0.2, 0.25) is 0 Å². The van der Waals surface area contributed by atoms with Crippen LogP contribution in [0.1, 0.15) is 20.3 Å². The number of aromatic nitrogens is 1. The molecule has 2 unspecified atom stereocenters. The minimum Gasteiger partial charge on any atom is -0.478 e. The van der Waals surface area contributed by atoms with E-state index in [1.807, 2.05) is 32.0 Å². The molecule has 1 aromatic rings. The molecule has 0 bridgehead atoms. The van der Waals surface area contributed by atoms with E-state index in [-0.39, 0.29) is 6.10 Å². The van der Waals surface area contributed by atoms with Gasteiger partial charge in [-0.25, -0.2) is 0 Å². The first kappa shape index (κ1) is 12.2. The topological polar surface area (TPSA) is 45.6 Å². The normalized spacial score (nSPS) is 21.6. The lowest BCUT2D eigenvalue weighted by Gasteiger charge is -2.19. The summed E-state index contributed by atoms with van der Waals surface area (Å²) in [4.78, 5) is 6.67. The summed E-state index contributed by atoms with van der Waals surface area (Å²) in [5.41, 5.74) is 0. The molecule has 2 atom stereocenters. The molecule has 1 aromatic heterocycles. The van der Waals surface area contributed by atoms with Crippen LogP contribution in [0.3, 0.4) is 0 Å². The molecule has 0 aromatic carbocycles. The summed E-state index contributed by atoms with van der Waals surface area (Å²) >= 11 is 0. The number of hydrogen-bond donors (Lipinski definition) is 1. The van der Waals surface area contributed by atoms with Gasteiger partial charge in [-0.1, -0.05) is 6.07 Å². The van der Waals surface area contributed by atoms with E-state index in [1.54, 1.807) is 0 Å². The second-order valence-corrected chi connectivity index (χ2v) is 4.50. The third-order valence-corrected chi connectivity index (χ3v) is 3.23. The Kier molecular flexibility index (Phi) is 3.84. The Bertz CT molecular complexity index is 368. The predicted octanol–water partition coefficient (Wildman–Crippen LogP) is 1.69. The zero-order valence-electron chi connectivity index (χ0n) is 10.5. The molecule has 17 heavy (non-hydrogen) atoms. The minimum absolute atomic E-state index is 0.241. The van der Waals surface area contributed by atoms with E-state index in [0.29, 0.717) is 18.4 Å². The van der Waals surface area contributed by atoms with Gasteiger partial charge in [-0.2, -0.15) is 4.98 Å². The van der Waals surface area contributed by atoms with Crippen molar-refractivity contribution in [2.75, 3.05) is 24.6 Å². The Balaban J connectivity index is 2.05. The van der Waals surface area contributed by atoms with E-state index in [4.69, 9.17) is 4.74 Å². The number of rotatable bonds is 4.